The summed E-state index contributed by atoms with van der Waals surface area (Å²) in [5.41, 5.74) is 7.20. The number of H-pyrrole nitrogens is 1. The van der Waals surface area contributed by atoms with E-state index in [-0.39, 0.29) is 17.4 Å². The average Bonchev–Trinajstić information content (AvgIpc) is 3.63. The van der Waals surface area contributed by atoms with Gasteiger partial charge in [-0.1, -0.05) is 30.3 Å². The van der Waals surface area contributed by atoms with Gasteiger partial charge in [0.2, 0.25) is 5.91 Å². The minimum atomic E-state index is 0.0172. The van der Waals surface area contributed by atoms with Crippen molar-refractivity contribution in [1.82, 2.24) is 29.4 Å². The van der Waals surface area contributed by atoms with Crippen LogP contribution < -0.4 is 0 Å². The van der Waals surface area contributed by atoms with Gasteiger partial charge in [0.1, 0.15) is 5.69 Å². The van der Waals surface area contributed by atoms with Crippen molar-refractivity contribution in [2.45, 2.75) is 39.3 Å². The van der Waals surface area contributed by atoms with Gasteiger partial charge in [-0.2, -0.15) is 10.2 Å². The molecule has 5 aromatic rings. The number of ether oxygens (including phenoxy) is 1. The number of benzene rings is 2. The highest BCUT2D eigenvalue weighted by Crippen LogP contribution is 2.55. The zero-order valence-corrected chi connectivity index (χ0v) is 24.3. The van der Waals surface area contributed by atoms with Gasteiger partial charge in [0.15, 0.2) is 0 Å². The van der Waals surface area contributed by atoms with Gasteiger partial charge >= 0.3 is 0 Å². The van der Waals surface area contributed by atoms with Crippen molar-refractivity contribution in [3.8, 4) is 22.4 Å². The quantitative estimate of drug-likeness (QED) is 0.233. The third-order valence-corrected chi connectivity index (χ3v) is 9.50. The largest absolute Gasteiger partial charge is 0.383 e. The maximum absolute atomic E-state index is 12.0. The first kappa shape index (κ1) is 26.0. The Morgan fingerprint density at radius 1 is 1.20 bits per heavy atom. The van der Waals surface area contributed by atoms with Crippen LogP contribution in [0.1, 0.15) is 30.1 Å². The SMILES string of the molecule is C=CC(=O)N1CC2(CC(n3nc(-c4ccc5cn(CCOC)cc5c4)c(-c4c(Cl)c(C)cc5[nH]ncc45)c3C)C2)C1. The molecular weight excluding hydrogens is 536 g/mol. The summed E-state index contributed by atoms with van der Waals surface area (Å²) < 4.78 is 9.65. The summed E-state index contributed by atoms with van der Waals surface area (Å²) in [5.74, 6) is 0.0172. The summed E-state index contributed by atoms with van der Waals surface area (Å²) in [7, 11) is 1.72. The maximum Gasteiger partial charge on any atom is 0.245 e. The number of likely N-dealkylation sites (tertiary alicyclic amines) is 1. The Balaban J connectivity index is 1.33. The van der Waals surface area contributed by atoms with Crippen molar-refractivity contribution in [2.75, 3.05) is 26.8 Å². The Kier molecular flexibility index (Phi) is 6.10. The van der Waals surface area contributed by atoms with Crippen molar-refractivity contribution >= 4 is 39.2 Å². The van der Waals surface area contributed by atoms with Crippen molar-refractivity contribution in [2.24, 2.45) is 5.41 Å². The molecule has 7 rings (SSSR count). The molecule has 41 heavy (non-hydrogen) atoms. The molecular formula is C32H33ClN6O2. The molecule has 210 valence electrons. The molecule has 2 fully saturated rings. The number of carbonyl (C=O) groups excluding carboxylic acids is 1. The highest BCUT2D eigenvalue weighted by Gasteiger charge is 2.54. The van der Waals surface area contributed by atoms with Crippen molar-refractivity contribution in [3.63, 3.8) is 0 Å². The van der Waals surface area contributed by atoms with Gasteiger partial charge in [0.05, 0.1) is 29.4 Å². The van der Waals surface area contributed by atoms with Crippen LogP contribution in [0.3, 0.4) is 0 Å². The Morgan fingerprint density at radius 2 is 1.98 bits per heavy atom. The molecule has 0 radical (unpaired) electrons. The lowest BCUT2D eigenvalue weighted by molar-refractivity contribution is -0.149. The number of fused-ring (bicyclic) bond motifs is 2. The molecule has 2 aromatic carbocycles. The van der Waals surface area contributed by atoms with E-state index in [9.17, 15) is 4.79 Å². The van der Waals surface area contributed by atoms with E-state index in [1.54, 1.807) is 7.11 Å². The number of hydrogen-bond acceptors (Lipinski definition) is 4. The molecule has 4 heterocycles. The zero-order valence-electron chi connectivity index (χ0n) is 23.6. The lowest BCUT2D eigenvalue weighted by Gasteiger charge is -2.58. The van der Waals surface area contributed by atoms with Gasteiger partial charge in [-0.15, -0.1) is 0 Å². The molecule has 1 amide bonds. The van der Waals surface area contributed by atoms with Crippen LogP contribution in [0.4, 0.5) is 0 Å². The van der Waals surface area contributed by atoms with Gasteiger partial charge in [0, 0.05) is 77.7 Å². The molecule has 1 saturated heterocycles. The second kappa shape index (κ2) is 9.60. The molecule has 0 atom stereocenters. The fraction of sp³-hybridized carbons (Fsp3) is 0.344. The second-order valence-electron chi connectivity index (χ2n) is 11.8. The zero-order chi connectivity index (χ0) is 28.5. The van der Waals surface area contributed by atoms with E-state index >= 15 is 0 Å². The fourth-order valence-electron chi connectivity index (χ4n) is 6.91. The molecule has 1 aliphatic carbocycles. The van der Waals surface area contributed by atoms with Crippen LogP contribution in [0.2, 0.25) is 5.02 Å². The van der Waals surface area contributed by atoms with Crippen LogP contribution in [-0.2, 0) is 16.1 Å². The van der Waals surface area contributed by atoms with E-state index in [0.29, 0.717) is 6.61 Å². The Morgan fingerprint density at radius 3 is 2.73 bits per heavy atom. The predicted molar refractivity (Wildman–Crippen MR) is 162 cm³/mol. The minimum Gasteiger partial charge on any atom is -0.383 e. The number of aromatic amines is 1. The number of aryl methyl sites for hydroxylation is 1. The van der Waals surface area contributed by atoms with Gasteiger partial charge in [-0.3, -0.25) is 14.6 Å². The molecule has 2 aliphatic rings. The number of halogens is 1. The number of nitrogens with zero attached hydrogens (tertiary/aromatic N) is 5. The van der Waals surface area contributed by atoms with Gasteiger partial charge < -0.3 is 14.2 Å². The molecule has 0 bridgehead atoms. The van der Waals surface area contributed by atoms with Crippen LogP contribution in [0.15, 0.2) is 55.5 Å². The summed E-state index contributed by atoms with van der Waals surface area (Å²) in [6, 6.07) is 8.85. The fourth-order valence-corrected chi connectivity index (χ4v) is 7.16. The third-order valence-electron chi connectivity index (χ3n) is 9.01. The van der Waals surface area contributed by atoms with Crippen LogP contribution in [-0.4, -0.2) is 62.2 Å². The Labute approximate surface area is 243 Å². The van der Waals surface area contributed by atoms with Crippen LogP contribution >= 0.6 is 11.6 Å². The Bertz CT molecular complexity index is 1830. The number of carbonyl (C=O) groups is 1. The van der Waals surface area contributed by atoms with Gasteiger partial charge in [0.25, 0.3) is 0 Å². The van der Waals surface area contributed by atoms with E-state index in [0.717, 1.165) is 87.4 Å². The Hall–Kier alpha value is -3.88. The standard InChI is InChI=1S/C32H33ClN6O2/c1-5-27(40)38-17-32(18-38)12-24(13-32)39-20(3)28(29-25-14-34-35-26(25)10-19(2)30(29)33)31(36-39)21-6-7-22-15-37(8-9-41-4)16-23(22)11-21/h5-7,10-11,14-16,24H,1,8-9,12-13,17-18H2,2-4H3,(H,34,35). The number of aromatic nitrogens is 5. The molecule has 8 nitrogen and oxygen atoms in total. The van der Waals surface area contributed by atoms with Crippen LogP contribution in [0.25, 0.3) is 44.1 Å². The predicted octanol–water partition coefficient (Wildman–Crippen LogP) is 6.31. The van der Waals surface area contributed by atoms with Crippen LogP contribution in [0, 0.1) is 19.3 Å². The smallest absolute Gasteiger partial charge is 0.245 e. The first-order chi connectivity index (χ1) is 19.8. The van der Waals surface area contributed by atoms with E-state index in [2.05, 4.69) is 63.5 Å². The van der Waals surface area contributed by atoms with E-state index in [1.807, 2.05) is 24.1 Å². The minimum absolute atomic E-state index is 0.0172. The summed E-state index contributed by atoms with van der Waals surface area (Å²) in [4.78, 5) is 13.9. The normalized spacial score (nSPS) is 16.4. The number of rotatable bonds is 7. The summed E-state index contributed by atoms with van der Waals surface area (Å²) in [6.07, 6.45) is 9.58. The number of nitrogens with one attached hydrogen (secondary N) is 1. The van der Waals surface area contributed by atoms with Gasteiger partial charge in [-0.25, -0.2) is 0 Å². The van der Waals surface area contributed by atoms with Gasteiger partial charge in [-0.05, 0) is 55.8 Å². The highest BCUT2D eigenvalue weighted by molar-refractivity contribution is 6.36. The summed E-state index contributed by atoms with van der Waals surface area (Å²) in [5, 5.41) is 16.8. The number of methoxy groups -OCH3 is 1. The van der Waals surface area contributed by atoms with Crippen molar-refractivity contribution in [3.05, 3.63) is 71.8 Å². The average molecular weight is 569 g/mol. The lowest BCUT2D eigenvalue weighted by Crippen LogP contribution is -2.63. The lowest BCUT2D eigenvalue weighted by atomic mass is 9.60. The first-order valence-electron chi connectivity index (χ1n) is 14.0. The monoisotopic (exact) mass is 568 g/mol. The van der Waals surface area contributed by atoms with E-state index < -0.39 is 0 Å². The maximum atomic E-state index is 12.0. The molecule has 3 aromatic heterocycles. The first-order valence-corrected chi connectivity index (χ1v) is 14.4. The molecule has 1 spiro atoms. The number of hydrogen-bond donors (Lipinski definition) is 1. The van der Waals surface area contributed by atoms with Crippen molar-refractivity contribution in [1.29, 1.82) is 0 Å². The third kappa shape index (κ3) is 4.11. The summed E-state index contributed by atoms with van der Waals surface area (Å²) >= 11 is 7.08. The second-order valence-corrected chi connectivity index (χ2v) is 12.1. The van der Waals surface area contributed by atoms with Crippen molar-refractivity contribution < 1.29 is 9.53 Å². The highest BCUT2D eigenvalue weighted by atomic mass is 35.5. The number of amides is 1. The summed E-state index contributed by atoms with van der Waals surface area (Å²) in [6.45, 7) is 10.9. The van der Waals surface area contributed by atoms with E-state index in [1.165, 1.54) is 11.5 Å². The molecule has 9 heteroatoms. The van der Waals surface area contributed by atoms with Crippen LogP contribution in [0.5, 0.6) is 0 Å². The molecule has 1 N–H and O–H groups in total. The molecule has 0 unspecified atom stereocenters. The molecule has 1 aliphatic heterocycles. The molecule has 1 saturated carbocycles. The topological polar surface area (TPSA) is 81.0 Å². The van der Waals surface area contributed by atoms with E-state index in [4.69, 9.17) is 21.4 Å².